The lowest BCUT2D eigenvalue weighted by atomic mass is 9.99. The molecule has 0 aromatic carbocycles. The van der Waals surface area contributed by atoms with Crippen molar-refractivity contribution in [1.29, 1.82) is 0 Å². The maximum absolute atomic E-state index is 12.4. The van der Waals surface area contributed by atoms with Gasteiger partial charge in [0, 0.05) is 24.5 Å². The summed E-state index contributed by atoms with van der Waals surface area (Å²) in [5.41, 5.74) is 5.88. The van der Waals surface area contributed by atoms with Crippen LogP contribution < -0.4 is 11.1 Å². The quantitative estimate of drug-likeness (QED) is 0.652. The van der Waals surface area contributed by atoms with E-state index in [2.05, 4.69) is 5.32 Å². The lowest BCUT2D eigenvalue weighted by molar-refractivity contribution is -0.123. The maximum atomic E-state index is 12.4. The Morgan fingerprint density at radius 1 is 1.29 bits per heavy atom. The number of nitrogens with one attached hydrogen (secondary N) is 1. The molecule has 1 aromatic heterocycles. The summed E-state index contributed by atoms with van der Waals surface area (Å²) in [5.74, 6) is -0.0190. The lowest BCUT2D eigenvalue weighted by Gasteiger charge is -2.17. The number of rotatable bonds is 10. The van der Waals surface area contributed by atoms with Crippen LogP contribution in [0.4, 0.5) is 0 Å². The fourth-order valence-corrected chi connectivity index (χ4v) is 5.23. The Kier molecular flexibility index (Phi) is 8.35. The van der Waals surface area contributed by atoms with Gasteiger partial charge in [-0.1, -0.05) is 34.1 Å². The molecule has 1 rings (SSSR count). The van der Waals surface area contributed by atoms with E-state index in [4.69, 9.17) is 5.73 Å². The number of amides is 1. The van der Waals surface area contributed by atoms with Gasteiger partial charge in [0.05, 0.1) is 6.04 Å². The van der Waals surface area contributed by atoms with Gasteiger partial charge in [0.25, 0.3) is 10.0 Å². The molecular formula is C16H29N3O3S2. The van der Waals surface area contributed by atoms with E-state index in [9.17, 15) is 13.2 Å². The van der Waals surface area contributed by atoms with Gasteiger partial charge in [0.1, 0.15) is 4.21 Å². The average Bonchev–Trinajstić information content (AvgIpc) is 3.03. The molecule has 138 valence electrons. The normalized spacial score (nSPS) is 14.6. The third-order valence-corrected chi connectivity index (χ3v) is 7.83. The summed E-state index contributed by atoms with van der Waals surface area (Å²) in [6.45, 7) is 8.96. The van der Waals surface area contributed by atoms with Crippen LogP contribution in [-0.2, 0) is 21.2 Å². The number of nitrogens with zero attached hydrogens (tertiary/aromatic N) is 1. The molecule has 0 saturated carbocycles. The topological polar surface area (TPSA) is 92.5 Å². The summed E-state index contributed by atoms with van der Waals surface area (Å²) in [5, 5.41) is 2.82. The van der Waals surface area contributed by atoms with Crippen molar-refractivity contribution >= 4 is 27.3 Å². The van der Waals surface area contributed by atoms with Crippen LogP contribution in [0.25, 0.3) is 0 Å². The van der Waals surface area contributed by atoms with Gasteiger partial charge in [-0.15, -0.1) is 11.3 Å². The van der Waals surface area contributed by atoms with Crippen LogP contribution in [-0.4, -0.2) is 44.3 Å². The lowest BCUT2D eigenvalue weighted by Crippen LogP contribution is -2.45. The van der Waals surface area contributed by atoms with Crippen molar-refractivity contribution in [3.63, 3.8) is 0 Å². The molecule has 8 heteroatoms. The van der Waals surface area contributed by atoms with E-state index in [0.717, 1.165) is 11.3 Å². The number of carbonyl (C=O) groups excluding carboxylic acids is 1. The van der Waals surface area contributed by atoms with E-state index in [-0.39, 0.29) is 11.8 Å². The molecule has 1 heterocycles. The molecule has 0 aliphatic carbocycles. The Labute approximate surface area is 149 Å². The Bertz CT molecular complexity index is 624. The monoisotopic (exact) mass is 375 g/mol. The zero-order valence-electron chi connectivity index (χ0n) is 14.9. The average molecular weight is 376 g/mol. The van der Waals surface area contributed by atoms with Gasteiger partial charge in [-0.25, -0.2) is 8.42 Å². The van der Waals surface area contributed by atoms with Gasteiger partial charge < -0.3 is 11.1 Å². The van der Waals surface area contributed by atoms with Crippen molar-refractivity contribution in [1.82, 2.24) is 9.62 Å². The van der Waals surface area contributed by atoms with E-state index < -0.39 is 16.1 Å². The Hall–Kier alpha value is -0.960. The minimum absolute atomic E-state index is 0.137. The standard InChI is InChI=1S/C16H29N3O3S2/c1-5-12(4)15(17)16(20)18-11-10-13-8-9-14(23-13)24(21,22)19(6-2)7-3/h8-9,12,15H,5-7,10-11,17H2,1-4H3,(H,18,20). The van der Waals surface area contributed by atoms with Gasteiger partial charge in [-0.05, 0) is 24.5 Å². The number of carbonyl (C=O) groups is 1. The second-order valence-electron chi connectivity index (χ2n) is 5.76. The van der Waals surface area contributed by atoms with Crippen molar-refractivity contribution in [2.75, 3.05) is 19.6 Å². The van der Waals surface area contributed by atoms with Crippen LogP contribution in [0.2, 0.25) is 0 Å². The summed E-state index contributed by atoms with van der Waals surface area (Å²) in [7, 11) is -3.41. The SMILES string of the molecule is CCC(C)C(N)C(=O)NCCc1ccc(S(=O)(=O)N(CC)CC)s1. The van der Waals surface area contributed by atoms with E-state index in [1.54, 1.807) is 6.07 Å². The third-order valence-electron chi connectivity index (χ3n) is 4.17. The highest BCUT2D eigenvalue weighted by Gasteiger charge is 2.23. The van der Waals surface area contributed by atoms with E-state index in [0.29, 0.717) is 30.3 Å². The van der Waals surface area contributed by atoms with Gasteiger partial charge in [-0.3, -0.25) is 4.79 Å². The number of thiophene rings is 1. The molecular weight excluding hydrogens is 346 g/mol. The van der Waals surface area contributed by atoms with Crippen LogP contribution in [0.1, 0.15) is 39.0 Å². The second kappa shape index (κ2) is 9.50. The largest absolute Gasteiger partial charge is 0.354 e. The predicted octanol–water partition coefficient (Wildman–Crippen LogP) is 1.81. The molecule has 0 spiro atoms. The Morgan fingerprint density at radius 3 is 2.46 bits per heavy atom. The first-order valence-corrected chi connectivity index (χ1v) is 10.7. The van der Waals surface area contributed by atoms with Gasteiger partial charge in [0.2, 0.25) is 5.91 Å². The van der Waals surface area contributed by atoms with Crippen molar-refractivity contribution in [2.45, 2.75) is 50.8 Å². The number of sulfonamides is 1. The van der Waals surface area contributed by atoms with Crippen LogP contribution in [0, 0.1) is 5.92 Å². The molecule has 0 aliphatic rings. The zero-order valence-corrected chi connectivity index (χ0v) is 16.5. The molecule has 0 aliphatic heterocycles. The maximum Gasteiger partial charge on any atom is 0.252 e. The summed E-state index contributed by atoms with van der Waals surface area (Å²) >= 11 is 1.26. The molecule has 1 aromatic rings. The predicted molar refractivity (Wildman–Crippen MR) is 98.6 cm³/mol. The summed E-state index contributed by atoms with van der Waals surface area (Å²) in [4.78, 5) is 12.9. The van der Waals surface area contributed by atoms with Crippen molar-refractivity contribution in [3.05, 3.63) is 17.0 Å². The van der Waals surface area contributed by atoms with Gasteiger partial charge >= 0.3 is 0 Å². The van der Waals surface area contributed by atoms with Crippen molar-refractivity contribution < 1.29 is 13.2 Å². The molecule has 2 atom stereocenters. The fourth-order valence-electron chi connectivity index (χ4n) is 2.26. The van der Waals surface area contributed by atoms with E-state index in [1.807, 2.05) is 33.8 Å². The van der Waals surface area contributed by atoms with Crippen LogP contribution in [0.15, 0.2) is 16.3 Å². The van der Waals surface area contributed by atoms with Gasteiger partial charge in [0.15, 0.2) is 0 Å². The van der Waals surface area contributed by atoms with Crippen LogP contribution in [0.5, 0.6) is 0 Å². The van der Waals surface area contributed by atoms with Gasteiger partial charge in [-0.2, -0.15) is 4.31 Å². The minimum atomic E-state index is -3.41. The molecule has 1 amide bonds. The van der Waals surface area contributed by atoms with E-state index >= 15 is 0 Å². The molecule has 6 nitrogen and oxygen atoms in total. The summed E-state index contributed by atoms with van der Waals surface area (Å²) in [6.07, 6.45) is 1.45. The second-order valence-corrected chi connectivity index (χ2v) is 9.10. The fraction of sp³-hybridized carbons (Fsp3) is 0.688. The van der Waals surface area contributed by atoms with Crippen molar-refractivity contribution in [2.24, 2.45) is 11.7 Å². The smallest absolute Gasteiger partial charge is 0.252 e. The Balaban J connectivity index is 2.61. The zero-order chi connectivity index (χ0) is 18.3. The molecule has 0 fully saturated rings. The highest BCUT2D eigenvalue weighted by Crippen LogP contribution is 2.25. The molecule has 0 radical (unpaired) electrons. The van der Waals surface area contributed by atoms with Crippen LogP contribution >= 0.6 is 11.3 Å². The van der Waals surface area contributed by atoms with Crippen molar-refractivity contribution in [3.8, 4) is 0 Å². The number of hydrogen-bond donors (Lipinski definition) is 2. The Morgan fingerprint density at radius 2 is 1.92 bits per heavy atom. The first kappa shape index (κ1) is 21.1. The minimum Gasteiger partial charge on any atom is -0.354 e. The molecule has 0 bridgehead atoms. The highest BCUT2D eigenvalue weighted by molar-refractivity contribution is 7.91. The molecule has 3 N–H and O–H groups in total. The third kappa shape index (κ3) is 5.27. The molecule has 24 heavy (non-hydrogen) atoms. The molecule has 0 saturated heterocycles. The molecule has 2 unspecified atom stereocenters. The van der Waals surface area contributed by atoms with Crippen LogP contribution in [0.3, 0.4) is 0 Å². The highest BCUT2D eigenvalue weighted by atomic mass is 32.2. The van der Waals surface area contributed by atoms with E-state index in [1.165, 1.54) is 15.6 Å². The summed E-state index contributed by atoms with van der Waals surface area (Å²) in [6, 6.07) is 2.94. The first-order chi connectivity index (χ1) is 11.3. The first-order valence-electron chi connectivity index (χ1n) is 8.39. The number of nitrogens with two attached hydrogens (primary N) is 1. The number of hydrogen-bond acceptors (Lipinski definition) is 5. The summed E-state index contributed by atoms with van der Waals surface area (Å²) < 4.78 is 26.7.